The maximum absolute atomic E-state index is 6.23. The molecule has 2 atom stereocenters. The minimum atomic E-state index is 0.0245. The largest absolute Gasteiger partial charge is 0.323 e. The van der Waals surface area contributed by atoms with E-state index in [9.17, 15) is 0 Å². The summed E-state index contributed by atoms with van der Waals surface area (Å²) in [5, 5.41) is 0. The van der Waals surface area contributed by atoms with Gasteiger partial charge in [0.1, 0.15) is 0 Å². The van der Waals surface area contributed by atoms with Gasteiger partial charge in [-0.2, -0.15) is 0 Å². The second-order valence-electron chi connectivity index (χ2n) is 4.84. The van der Waals surface area contributed by atoms with E-state index in [1.54, 1.807) is 0 Å². The molecule has 92 valence electrons. The highest BCUT2D eigenvalue weighted by atomic mass is 79.9. The molecule has 1 aromatic carbocycles. The average Bonchev–Trinajstić information content (AvgIpc) is 2.36. The Morgan fingerprint density at radius 1 is 1.28 bits per heavy atom. The SMILES string of the molecule is NC(CC1Cc2ccccc21)c1ccc(Br)cn1. The molecule has 0 saturated heterocycles. The highest BCUT2D eigenvalue weighted by molar-refractivity contribution is 9.10. The van der Waals surface area contributed by atoms with Gasteiger partial charge < -0.3 is 5.73 Å². The molecular weight excluding hydrogens is 288 g/mol. The lowest BCUT2D eigenvalue weighted by Crippen LogP contribution is -2.23. The minimum Gasteiger partial charge on any atom is -0.323 e. The zero-order chi connectivity index (χ0) is 12.5. The molecule has 18 heavy (non-hydrogen) atoms. The fraction of sp³-hybridized carbons (Fsp3) is 0.267. The Bertz CT molecular complexity index is 551. The number of rotatable bonds is 3. The van der Waals surface area contributed by atoms with Gasteiger partial charge in [0.2, 0.25) is 0 Å². The second kappa shape index (κ2) is 4.82. The first kappa shape index (κ1) is 11.9. The van der Waals surface area contributed by atoms with Crippen molar-refractivity contribution in [3.05, 3.63) is 63.9 Å². The topological polar surface area (TPSA) is 38.9 Å². The monoisotopic (exact) mass is 302 g/mol. The van der Waals surface area contributed by atoms with Gasteiger partial charge in [0.25, 0.3) is 0 Å². The summed E-state index contributed by atoms with van der Waals surface area (Å²) in [5.74, 6) is 0.599. The van der Waals surface area contributed by atoms with Crippen molar-refractivity contribution >= 4 is 15.9 Å². The van der Waals surface area contributed by atoms with Gasteiger partial charge in [0, 0.05) is 16.7 Å². The van der Waals surface area contributed by atoms with Crippen LogP contribution in [0.15, 0.2) is 47.1 Å². The maximum atomic E-state index is 6.23. The van der Waals surface area contributed by atoms with Crippen LogP contribution < -0.4 is 5.73 Å². The van der Waals surface area contributed by atoms with Crippen LogP contribution in [0.1, 0.15) is 35.2 Å². The van der Waals surface area contributed by atoms with Crippen LogP contribution in [0.25, 0.3) is 0 Å². The predicted molar refractivity (Wildman–Crippen MR) is 76.4 cm³/mol. The van der Waals surface area contributed by atoms with Crippen LogP contribution >= 0.6 is 15.9 Å². The Balaban J connectivity index is 1.70. The van der Waals surface area contributed by atoms with E-state index < -0.39 is 0 Å². The molecule has 1 aliphatic rings. The van der Waals surface area contributed by atoms with Gasteiger partial charge in [0.15, 0.2) is 0 Å². The van der Waals surface area contributed by atoms with Crippen molar-refractivity contribution < 1.29 is 0 Å². The molecule has 2 aromatic rings. The van der Waals surface area contributed by atoms with Gasteiger partial charge in [-0.1, -0.05) is 24.3 Å². The quantitative estimate of drug-likeness (QED) is 0.941. The van der Waals surface area contributed by atoms with Crippen LogP contribution in [0.5, 0.6) is 0 Å². The van der Waals surface area contributed by atoms with Gasteiger partial charge >= 0.3 is 0 Å². The van der Waals surface area contributed by atoms with Crippen LogP contribution in [-0.4, -0.2) is 4.98 Å². The summed E-state index contributed by atoms with van der Waals surface area (Å²) in [6, 6.07) is 12.6. The Morgan fingerprint density at radius 2 is 2.11 bits per heavy atom. The highest BCUT2D eigenvalue weighted by Gasteiger charge is 2.27. The van der Waals surface area contributed by atoms with Gasteiger partial charge in [-0.25, -0.2) is 0 Å². The summed E-state index contributed by atoms with van der Waals surface area (Å²) in [6.45, 7) is 0. The number of halogens is 1. The number of benzene rings is 1. The first-order valence-corrected chi connectivity index (χ1v) is 6.98. The standard InChI is InChI=1S/C15H15BrN2/c16-12-5-6-15(18-9-12)14(17)8-11-7-10-3-1-2-4-13(10)11/h1-6,9,11,14H,7-8,17H2. The summed E-state index contributed by atoms with van der Waals surface area (Å²) in [7, 11) is 0. The lowest BCUT2D eigenvalue weighted by molar-refractivity contribution is 0.492. The van der Waals surface area contributed by atoms with Crippen molar-refractivity contribution in [2.24, 2.45) is 5.73 Å². The van der Waals surface area contributed by atoms with Crippen LogP contribution in [0.4, 0.5) is 0 Å². The molecular formula is C15H15BrN2. The molecule has 2 unspecified atom stereocenters. The van der Waals surface area contributed by atoms with Crippen LogP contribution in [0, 0.1) is 0 Å². The van der Waals surface area contributed by atoms with Gasteiger partial charge in [-0.15, -0.1) is 0 Å². The molecule has 3 heteroatoms. The fourth-order valence-electron chi connectivity index (χ4n) is 2.61. The number of nitrogens with zero attached hydrogens (tertiary/aromatic N) is 1. The van der Waals surface area contributed by atoms with Gasteiger partial charge in [-0.05, 0) is 57.9 Å². The van der Waals surface area contributed by atoms with Crippen molar-refractivity contribution in [2.75, 3.05) is 0 Å². The van der Waals surface area contributed by atoms with Crippen molar-refractivity contribution in [1.29, 1.82) is 0 Å². The van der Waals surface area contributed by atoms with E-state index in [4.69, 9.17) is 5.73 Å². The number of hydrogen-bond donors (Lipinski definition) is 1. The first-order chi connectivity index (χ1) is 8.74. The van der Waals surface area contributed by atoms with Crippen molar-refractivity contribution in [3.8, 4) is 0 Å². The summed E-state index contributed by atoms with van der Waals surface area (Å²) in [6.07, 6.45) is 3.94. The minimum absolute atomic E-state index is 0.0245. The highest BCUT2D eigenvalue weighted by Crippen LogP contribution is 2.39. The Morgan fingerprint density at radius 3 is 2.83 bits per heavy atom. The molecule has 1 heterocycles. The molecule has 0 saturated carbocycles. The second-order valence-corrected chi connectivity index (χ2v) is 5.76. The smallest absolute Gasteiger partial charge is 0.0572 e. The van der Waals surface area contributed by atoms with Crippen molar-refractivity contribution in [1.82, 2.24) is 4.98 Å². The van der Waals surface area contributed by atoms with Crippen LogP contribution in [-0.2, 0) is 6.42 Å². The lowest BCUT2D eigenvalue weighted by Gasteiger charge is -2.31. The number of hydrogen-bond acceptors (Lipinski definition) is 2. The third-order valence-electron chi connectivity index (χ3n) is 3.63. The van der Waals surface area contributed by atoms with Crippen molar-refractivity contribution in [3.63, 3.8) is 0 Å². The Hall–Kier alpha value is -1.19. The molecule has 0 bridgehead atoms. The summed E-state index contributed by atoms with van der Waals surface area (Å²) >= 11 is 3.39. The summed E-state index contributed by atoms with van der Waals surface area (Å²) in [5.41, 5.74) is 10.1. The molecule has 2 nitrogen and oxygen atoms in total. The predicted octanol–water partition coefficient (Wildman–Crippen LogP) is 3.57. The molecule has 3 rings (SSSR count). The van der Waals surface area contributed by atoms with E-state index in [-0.39, 0.29) is 6.04 Å². The maximum Gasteiger partial charge on any atom is 0.0572 e. The van der Waals surface area contributed by atoms with E-state index in [0.717, 1.165) is 23.0 Å². The number of nitrogens with two attached hydrogens (primary N) is 1. The Kier molecular flexibility index (Phi) is 3.18. The van der Waals surface area contributed by atoms with Gasteiger partial charge in [0.05, 0.1) is 5.69 Å². The van der Waals surface area contributed by atoms with E-state index in [2.05, 4.69) is 45.2 Å². The first-order valence-electron chi connectivity index (χ1n) is 6.19. The molecule has 0 aliphatic heterocycles. The molecule has 1 aliphatic carbocycles. The normalized spacial score (nSPS) is 18.9. The molecule has 1 aromatic heterocycles. The van der Waals surface area contributed by atoms with E-state index >= 15 is 0 Å². The van der Waals surface area contributed by atoms with E-state index in [0.29, 0.717) is 5.92 Å². The lowest BCUT2D eigenvalue weighted by atomic mass is 9.74. The van der Waals surface area contributed by atoms with Crippen LogP contribution in [0.3, 0.4) is 0 Å². The van der Waals surface area contributed by atoms with Crippen LogP contribution in [0.2, 0.25) is 0 Å². The molecule has 0 amide bonds. The Labute approximate surface area is 115 Å². The van der Waals surface area contributed by atoms with E-state index in [1.807, 2.05) is 18.3 Å². The van der Waals surface area contributed by atoms with Crippen molar-refractivity contribution in [2.45, 2.75) is 24.8 Å². The zero-order valence-corrected chi connectivity index (χ0v) is 11.6. The molecule has 0 radical (unpaired) electrons. The van der Waals surface area contributed by atoms with E-state index in [1.165, 1.54) is 11.1 Å². The van der Waals surface area contributed by atoms with Gasteiger partial charge in [-0.3, -0.25) is 4.98 Å². The third-order valence-corrected chi connectivity index (χ3v) is 4.10. The summed E-state index contributed by atoms with van der Waals surface area (Å²) < 4.78 is 0.993. The average molecular weight is 303 g/mol. The number of aromatic nitrogens is 1. The summed E-state index contributed by atoms with van der Waals surface area (Å²) in [4.78, 5) is 4.37. The zero-order valence-electron chi connectivity index (χ0n) is 10.0. The third kappa shape index (κ3) is 2.20. The molecule has 0 spiro atoms. The number of pyridine rings is 1. The fourth-order valence-corrected chi connectivity index (χ4v) is 2.84. The number of fused-ring (bicyclic) bond motifs is 1. The molecule has 0 fully saturated rings. The molecule has 2 N–H and O–H groups in total.